The van der Waals surface area contributed by atoms with Crippen molar-refractivity contribution in [1.82, 2.24) is 20.9 Å². The van der Waals surface area contributed by atoms with Gasteiger partial charge in [-0.15, -0.1) is 0 Å². The molecule has 0 spiro atoms. The van der Waals surface area contributed by atoms with E-state index in [2.05, 4.69) is 16.0 Å². The highest BCUT2D eigenvalue weighted by atomic mass is 32.2. The number of morpholine rings is 1. The number of imide groups is 1. The van der Waals surface area contributed by atoms with E-state index >= 15 is 0 Å². The van der Waals surface area contributed by atoms with Crippen LogP contribution < -0.4 is 21.7 Å². The fourth-order valence-electron chi connectivity index (χ4n) is 7.00. The van der Waals surface area contributed by atoms with Crippen LogP contribution in [0.25, 0.3) is 0 Å². The Morgan fingerprint density at radius 2 is 1.39 bits per heavy atom. The molecule has 0 bridgehead atoms. The number of nitrogens with one attached hydrogen (secondary N) is 3. The molecule has 4 atom stereocenters. The fourth-order valence-corrected chi connectivity index (χ4v) is 7.30. The number of unbranched alkanes of at least 4 members (excludes halogenated alkanes) is 1. The van der Waals surface area contributed by atoms with Gasteiger partial charge in [-0.25, -0.2) is 9.59 Å². The number of Topliss-reactive ketones (excluding diaryl/α,β-unsaturated/α-hetero) is 1. The lowest BCUT2D eigenvalue weighted by Crippen LogP contribution is -2.58. The second-order valence-electron chi connectivity index (χ2n) is 16.2. The first-order valence-corrected chi connectivity index (χ1v) is 22.1. The SMILES string of the molecule is CSCC(=O)OC(CCCCc1ccccc1)(Cc1ccccc1)C(=O)CC(CNC(=O)OC(C)(C)C)C(N)C(=O)NC(Cc1ccccc1)C(=O)NC(=O)N1CCOCC1. The van der Waals surface area contributed by atoms with Crippen LogP contribution in [0.1, 0.15) is 63.1 Å². The van der Waals surface area contributed by atoms with Crippen LogP contribution in [0.4, 0.5) is 9.59 Å². The van der Waals surface area contributed by atoms with E-state index in [0.717, 1.165) is 17.5 Å². The molecular formula is C46H61N5O9S. The molecule has 1 aliphatic rings. The Morgan fingerprint density at radius 3 is 1.98 bits per heavy atom. The topological polar surface area (TPSA) is 195 Å². The summed E-state index contributed by atoms with van der Waals surface area (Å²) in [7, 11) is 0. The minimum atomic E-state index is -1.64. The molecule has 1 heterocycles. The van der Waals surface area contributed by atoms with Crippen LogP contribution >= 0.6 is 11.8 Å². The summed E-state index contributed by atoms with van der Waals surface area (Å²) >= 11 is 1.27. The molecule has 0 aromatic heterocycles. The van der Waals surface area contributed by atoms with Crippen molar-refractivity contribution >= 4 is 47.5 Å². The molecule has 3 aromatic rings. The van der Waals surface area contributed by atoms with Gasteiger partial charge in [-0.3, -0.25) is 24.5 Å². The third-order valence-corrected chi connectivity index (χ3v) is 10.7. The number of ketones is 1. The molecule has 0 saturated carbocycles. The number of aryl methyl sites for hydroxylation is 1. The van der Waals surface area contributed by atoms with E-state index < -0.39 is 64.9 Å². The molecule has 5 amide bonds. The van der Waals surface area contributed by atoms with Gasteiger partial charge < -0.3 is 35.5 Å². The second-order valence-corrected chi connectivity index (χ2v) is 17.1. The maximum absolute atomic E-state index is 15.0. The number of rotatable bonds is 21. The van der Waals surface area contributed by atoms with Gasteiger partial charge in [-0.1, -0.05) is 91.0 Å². The Labute approximate surface area is 363 Å². The number of nitrogens with zero attached hydrogens (tertiary/aromatic N) is 1. The zero-order valence-corrected chi connectivity index (χ0v) is 36.5. The number of hydrogen-bond donors (Lipinski definition) is 4. The minimum Gasteiger partial charge on any atom is -0.450 e. The van der Waals surface area contributed by atoms with Crippen molar-refractivity contribution in [3.63, 3.8) is 0 Å². The van der Waals surface area contributed by atoms with E-state index in [1.807, 2.05) is 66.7 Å². The molecule has 0 radical (unpaired) electrons. The number of hydrogen-bond acceptors (Lipinski definition) is 11. The van der Waals surface area contributed by atoms with Gasteiger partial charge in [0, 0.05) is 44.8 Å². The van der Waals surface area contributed by atoms with Crippen molar-refractivity contribution in [3.8, 4) is 0 Å². The van der Waals surface area contributed by atoms with Gasteiger partial charge >= 0.3 is 18.1 Å². The third-order valence-electron chi connectivity index (χ3n) is 10.2. The summed E-state index contributed by atoms with van der Waals surface area (Å²) in [5, 5.41) is 7.79. The Hall–Kier alpha value is -5.25. The van der Waals surface area contributed by atoms with Crippen molar-refractivity contribution in [1.29, 1.82) is 0 Å². The first-order chi connectivity index (χ1) is 29.2. The van der Waals surface area contributed by atoms with Crippen LogP contribution in [0.3, 0.4) is 0 Å². The lowest BCUT2D eigenvalue weighted by Gasteiger charge is -2.35. The fraction of sp³-hybridized carbons (Fsp3) is 0.478. The molecule has 1 fully saturated rings. The molecule has 330 valence electrons. The average Bonchev–Trinajstić information content (AvgIpc) is 3.24. The van der Waals surface area contributed by atoms with E-state index in [4.69, 9.17) is 19.9 Å². The van der Waals surface area contributed by atoms with Crippen LogP contribution in [0.15, 0.2) is 91.0 Å². The van der Waals surface area contributed by atoms with Crippen molar-refractivity contribution in [2.75, 3.05) is 44.9 Å². The maximum Gasteiger partial charge on any atom is 0.407 e. The molecule has 5 N–H and O–H groups in total. The normalized spacial score (nSPS) is 15.3. The molecule has 0 aliphatic carbocycles. The number of thioether (sulfide) groups is 1. The first kappa shape index (κ1) is 48.4. The number of urea groups is 1. The smallest absolute Gasteiger partial charge is 0.407 e. The summed E-state index contributed by atoms with van der Waals surface area (Å²) < 4.78 is 17.0. The summed E-state index contributed by atoms with van der Waals surface area (Å²) in [4.78, 5) is 83.7. The Bertz CT molecular complexity index is 1870. The summed E-state index contributed by atoms with van der Waals surface area (Å²) in [6.07, 6.45) is 2.87. The molecule has 61 heavy (non-hydrogen) atoms. The molecule has 1 aliphatic heterocycles. The highest BCUT2D eigenvalue weighted by molar-refractivity contribution is 7.99. The third kappa shape index (κ3) is 16.6. The average molecular weight is 860 g/mol. The van der Waals surface area contributed by atoms with Gasteiger partial charge in [0.15, 0.2) is 11.4 Å². The maximum atomic E-state index is 15.0. The minimum absolute atomic E-state index is 0.0122. The summed E-state index contributed by atoms with van der Waals surface area (Å²) in [5.74, 6) is -3.63. The summed E-state index contributed by atoms with van der Waals surface area (Å²) in [6, 6.07) is 24.8. The van der Waals surface area contributed by atoms with E-state index in [0.29, 0.717) is 44.7 Å². The van der Waals surface area contributed by atoms with E-state index in [-0.39, 0.29) is 38.0 Å². The molecule has 14 nitrogen and oxygen atoms in total. The molecule has 3 aromatic carbocycles. The van der Waals surface area contributed by atoms with Crippen molar-refractivity contribution in [3.05, 3.63) is 108 Å². The van der Waals surface area contributed by atoms with Gasteiger partial charge in [0.25, 0.3) is 5.91 Å². The van der Waals surface area contributed by atoms with E-state index in [9.17, 15) is 28.8 Å². The second kappa shape index (κ2) is 24.3. The number of ether oxygens (including phenoxy) is 3. The largest absolute Gasteiger partial charge is 0.450 e. The first-order valence-electron chi connectivity index (χ1n) is 20.7. The van der Waals surface area contributed by atoms with Gasteiger partial charge in [0.1, 0.15) is 11.6 Å². The van der Waals surface area contributed by atoms with Crippen molar-refractivity contribution < 1.29 is 43.0 Å². The Balaban J connectivity index is 1.65. The number of carbonyl (C=O) groups is 6. The quantitative estimate of drug-likeness (QED) is 0.0831. The number of alkyl carbamates (subject to hydrolysis) is 1. The zero-order valence-electron chi connectivity index (χ0n) is 35.7. The number of amides is 5. The van der Waals surface area contributed by atoms with E-state index in [1.165, 1.54) is 16.7 Å². The Morgan fingerprint density at radius 1 is 0.803 bits per heavy atom. The number of esters is 1. The van der Waals surface area contributed by atoms with Gasteiger partial charge in [-0.2, -0.15) is 11.8 Å². The molecule has 15 heteroatoms. The number of benzene rings is 3. The van der Waals surface area contributed by atoms with Crippen LogP contribution in [0.5, 0.6) is 0 Å². The highest BCUT2D eigenvalue weighted by Gasteiger charge is 2.44. The molecule has 1 saturated heterocycles. The predicted molar refractivity (Wildman–Crippen MR) is 235 cm³/mol. The monoisotopic (exact) mass is 859 g/mol. The van der Waals surface area contributed by atoms with Crippen LogP contribution in [0, 0.1) is 5.92 Å². The lowest BCUT2D eigenvalue weighted by atomic mass is 9.80. The van der Waals surface area contributed by atoms with Crippen LogP contribution in [-0.4, -0.2) is 109 Å². The zero-order chi connectivity index (χ0) is 44.3. The van der Waals surface area contributed by atoms with E-state index in [1.54, 1.807) is 51.3 Å². The van der Waals surface area contributed by atoms with Crippen LogP contribution in [0.2, 0.25) is 0 Å². The predicted octanol–water partition coefficient (Wildman–Crippen LogP) is 5.01. The summed E-state index contributed by atoms with van der Waals surface area (Å²) in [5.41, 5.74) is 6.85. The molecule has 4 rings (SSSR count). The van der Waals surface area contributed by atoms with Gasteiger partial charge in [0.2, 0.25) is 5.91 Å². The molecule has 4 unspecified atom stereocenters. The van der Waals surface area contributed by atoms with Gasteiger partial charge in [-0.05, 0) is 69.4 Å². The van der Waals surface area contributed by atoms with Gasteiger partial charge in [0.05, 0.1) is 25.0 Å². The Kier molecular flexibility index (Phi) is 19.3. The molecular weight excluding hydrogens is 799 g/mol. The van der Waals surface area contributed by atoms with Crippen molar-refractivity contribution in [2.45, 2.75) is 89.0 Å². The number of nitrogens with two attached hydrogens (primary N) is 1. The standard InChI is InChI=1S/C46H61N5O9S/c1-45(2,3)60-44(57)48-31-36(40(47)42(55)49-37(28-34-19-10-6-11-20-34)41(54)50-43(56)51-24-26-58-27-25-51)29-38(52)46(59-39(53)32-61-4,30-35-21-12-7-13-22-35)23-15-14-18-33-16-8-5-9-17-33/h5-13,16-17,19-22,36-37,40H,14-15,18,23-32,47H2,1-4H3,(H,48,57)(H,49,55)(H,50,54,56). The lowest BCUT2D eigenvalue weighted by molar-refractivity contribution is -0.167. The number of carbonyl (C=O) groups excluding carboxylic acids is 6. The van der Waals surface area contributed by atoms with Crippen LogP contribution in [-0.2, 0) is 52.7 Å². The highest BCUT2D eigenvalue weighted by Crippen LogP contribution is 2.31. The van der Waals surface area contributed by atoms with Crippen molar-refractivity contribution in [2.24, 2.45) is 11.7 Å². The summed E-state index contributed by atoms with van der Waals surface area (Å²) in [6.45, 7) is 6.09.